The maximum absolute atomic E-state index is 13.2. The summed E-state index contributed by atoms with van der Waals surface area (Å²) in [5.41, 5.74) is 0. The van der Waals surface area contributed by atoms with Crippen molar-refractivity contribution in [3.8, 4) is 0 Å². The van der Waals surface area contributed by atoms with Gasteiger partial charge in [-0.2, -0.15) is 0 Å². The maximum Gasteiger partial charge on any atom is 0.306 e. The summed E-state index contributed by atoms with van der Waals surface area (Å²) in [6, 6.07) is -0.744. The molecule has 0 saturated heterocycles. The van der Waals surface area contributed by atoms with Crippen LogP contribution in [0.4, 0.5) is 0 Å². The van der Waals surface area contributed by atoms with Crippen molar-refractivity contribution in [3.63, 3.8) is 0 Å². The lowest BCUT2D eigenvalue weighted by Crippen LogP contribution is -2.46. The SMILES string of the molecule is CC/C=C\C/C=C\C/C=C\C/C=C\C/C=C\C/C=C\C(CC(=O)NC(CO)C(O)CCCCCCCCCCCCCCC)OC(=O)CCCCCCCCCCCCCCCCCCCCC. The second-order valence-electron chi connectivity index (χ2n) is 19.7. The zero-order valence-electron chi connectivity index (χ0n) is 45.0. The molecule has 0 spiro atoms. The van der Waals surface area contributed by atoms with Crippen LogP contribution in [0.1, 0.15) is 284 Å². The molecule has 0 aliphatic heterocycles. The summed E-state index contributed by atoms with van der Waals surface area (Å²) in [6.45, 7) is 6.36. The highest BCUT2D eigenvalue weighted by Crippen LogP contribution is 2.17. The predicted molar refractivity (Wildman–Crippen MR) is 296 cm³/mol. The number of allylic oxidation sites excluding steroid dienone is 11. The van der Waals surface area contributed by atoms with Gasteiger partial charge >= 0.3 is 5.97 Å². The van der Waals surface area contributed by atoms with Crippen LogP contribution in [0.5, 0.6) is 0 Å². The molecule has 3 atom stereocenters. The first-order valence-corrected chi connectivity index (χ1v) is 29.2. The van der Waals surface area contributed by atoms with Crippen LogP contribution < -0.4 is 5.32 Å². The van der Waals surface area contributed by atoms with E-state index in [1.807, 2.05) is 12.2 Å². The van der Waals surface area contributed by atoms with Gasteiger partial charge in [-0.05, 0) is 57.4 Å². The van der Waals surface area contributed by atoms with Crippen LogP contribution in [0, 0.1) is 0 Å². The van der Waals surface area contributed by atoms with Crippen LogP contribution in [0.2, 0.25) is 0 Å². The summed E-state index contributed by atoms with van der Waals surface area (Å²) >= 11 is 0. The number of aliphatic hydroxyl groups excluding tert-OH is 2. The molecular weight excluding hydrogens is 839 g/mol. The van der Waals surface area contributed by atoms with Gasteiger partial charge in [0.05, 0.1) is 25.2 Å². The van der Waals surface area contributed by atoms with Gasteiger partial charge in [-0.25, -0.2) is 0 Å². The Bertz CT molecular complexity index is 1250. The lowest BCUT2D eigenvalue weighted by Gasteiger charge is -2.23. The highest BCUT2D eigenvalue weighted by Gasteiger charge is 2.23. The topological polar surface area (TPSA) is 95.9 Å². The number of hydrogen-bond donors (Lipinski definition) is 3. The first kappa shape index (κ1) is 65.3. The van der Waals surface area contributed by atoms with Gasteiger partial charge in [0, 0.05) is 6.42 Å². The molecule has 0 rings (SSSR count). The lowest BCUT2D eigenvalue weighted by molar-refractivity contribution is -0.148. The van der Waals surface area contributed by atoms with Gasteiger partial charge in [0.1, 0.15) is 6.10 Å². The molecule has 3 unspecified atom stereocenters. The molecule has 6 heteroatoms. The first-order chi connectivity index (χ1) is 33.5. The van der Waals surface area contributed by atoms with Crippen LogP contribution in [0.25, 0.3) is 0 Å². The summed E-state index contributed by atoms with van der Waals surface area (Å²) in [4.78, 5) is 26.2. The molecule has 0 bridgehead atoms. The van der Waals surface area contributed by atoms with E-state index in [-0.39, 0.29) is 24.9 Å². The Balaban J connectivity index is 4.68. The molecular formula is C62H111NO5. The van der Waals surface area contributed by atoms with Gasteiger partial charge in [-0.15, -0.1) is 0 Å². The molecule has 1 amide bonds. The fraction of sp³-hybridized carbons (Fsp3) is 0.774. The highest BCUT2D eigenvalue weighted by molar-refractivity contribution is 5.78. The minimum Gasteiger partial charge on any atom is -0.458 e. The lowest BCUT2D eigenvalue weighted by atomic mass is 10.0. The van der Waals surface area contributed by atoms with Crippen molar-refractivity contribution in [2.45, 2.75) is 302 Å². The van der Waals surface area contributed by atoms with E-state index in [0.717, 1.165) is 70.6 Å². The van der Waals surface area contributed by atoms with E-state index >= 15 is 0 Å². The monoisotopic (exact) mass is 950 g/mol. The minimum atomic E-state index is -0.821. The fourth-order valence-corrected chi connectivity index (χ4v) is 8.66. The third-order valence-corrected chi connectivity index (χ3v) is 13.0. The second-order valence-corrected chi connectivity index (χ2v) is 19.7. The van der Waals surface area contributed by atoms with E-state index in [9.17, 15) is 19.8 Å². The highest BCUT2D eigenvalue weighted by atomic mass is 16.5. The van der Waals surface area contributed by atoms with Crippen LogP contribution in [0.3, 0.4) is 0 Å². The van der Waals surface area contributed by atoms with E-state index in [4.69, 9.17) is 4.74 Å². The Labute approximate surface area is 421 Å². The number of amides is 1. The zero-order chi connectivity index (χ0) is 49.5. The zero-order valence-corrected chi connectivity index (χ0v) is 45.0. The summed E-state index contributed by atoms with van der Waals surface area (Å²) in [7, 11) is 0. The summed E-state index contributed by atoms with van der Waals surface area (Å²) in [5.74, 6) is -0.621. The van der Waals surface area contributed by atoms with Crippen molar-refractivity contribution in [1.82, 2.24) is 5.32 Å². The normalized spacial score (nSPS) is 13.7. The standard InChI is InChI=1S/C62H111NO5/c1-4-7-10-13-16-19-22-25-27-29-30-32-34-37-40-43-46-49-52-55-62(67)68-58(53-50-47-44-41-38-36-33-31-28-26-23-20-17-14-11-8-5-2)56-61(66)63-59(57-64)60(65)54-51-48-45-42-39-35-24-21-18-15-12-9-6-3/h8,11,17,20,26,28,33,36,41,44,50,53,58-60,64-65H,4-7,9-10,12-16,18-19,21-25,27,29-32,34-35,37-40,42-43,45-49,51-52,54-57H2,1-3H3,(H,63,66)/b11-8-,20-17-,28-26-,36-33-,44-41-,53-50-. The predicted octanol–water partition coefficient (Wildman–Crippen LogP) is 18.1. The average molecular weight is 951 g/mol. The van der Waals surface area contributed by atoms with Gasteiger partial charge in [0.25, 0.3) is 0 Å². The van der Waals surface area contributed by atoms with Crippen LogP contribution in [0.15, 0.2) is 72.9 Å². The number of carbonyl (C=O) groups is 2. The van der Waals surface area contributed by atoms with Gasteiger partial charge in [0.15, 0.2) is 0 Å². The minimum absolute atomic E-state index is 0.0466. The van der Waals surface area contributed by atoms with E-state index < -0.39 is 18.2 Å². The molecule has 0 aromatic heterocycles. The van der Waals surface area contributed by atoms with Gasteiger partial charge in [-0.3, -0.25) is 9.59 Å². The first-order valence-electron chi connectivity index (χ1n) is 29.2. The van der Waals surface area contributed by atoms with Crippen molar-refractivity contribution in [2.75, 3.05) is 6.61 Å². The largest absolute Gasteiger partial charge is 0.458 e. The Kier molecular flexibility index (Phi) is 53.0. The molecule has 0 saturated carbocycles. The molecule has 68 heavy (non-hydrogen) atoms. The van der Waals surface area contributed by atoms with Crippen LogP contribution in [-0.4, -0.2) is 46.9 Å². The number of carbonyl (C=O) groups excluding carboxylic acids is 2. The van der Waals surface area contributed by atoms with Crippen molar-refractivity contribution in [3.05, 3.63) is 72.9 Å². The Morgan fingerprint density at radius 2 is 0.765 bits per heavy atom. The van der Waals surface area contributed by atoms with E-state index in [1.165, 1.54) is 167 Å². The molecule has 0 radical (unpaired) electrons. The smallest absolute Gasteiger partial charge is 0.306 e. The fourth-order valence-electron chi connectivity index (χ4n) is 8.66. The van der Waals surface area contributed by atoms with E-state index in [0.29, 0.717) is 19.3 Å². The second kappa shape index (κ2) is 55.2. The summed E-state index contributed by atoms with van der Waals surface area (Å²) < 4.78 is 5.86. The molecule has 0 aliphatic carbocycles. The number of hydrogen-bond acceptors (Lipinski definition) is 5. The quantitative estimate of drug-likeness (QED) is 0.0321. The molecule has 0 aliphatic rings. The molecule has 0 heterocycles. The number of aliphatic hydroxyl groups is 2. The van der Waals surface area contributed by atoms with Crippen molar-refractivity contribution >= 4 is 11.9 Å². The van der Waals surface area contributed by atoms with Crippen molar-refractivity contribution < 1.29 is 24.5 Å². The molecule has 394 valence electrons. The van der Waals surface area contributed by atoms with Crippen LogP contribution in [-0.2, 0) is 14.3 Å². The van der Waals surface area contributed by atoms with Crippen molar-refractivity contribution in [2.24, 2.45) is 0 Å². The molecule has 0 aromatic rings. The molecule has 0 fully saturated rings. The van der Waals surface area contributed by atoms with Gasteiger partial charge in [-0.1, -0.05) is 287 Å². The maximum atomic E-state index is 13.2. The molecule has 3 N–H and O–H groups in total. The van der Waals surface area contributed by atoms with E-state index in [2.05, 4.69) is 86.8 Å². The molecule has 6 nitrogen and oxygen atoms in total. The summed E-state index contributed by atoms with van der Waals surface area (Å²) in [6.07, 6.45) is 71.5. The number of rotatable bonds is 52. The number of ether oxygens (including phenoxy) is 1. The van der Waals surface area contributed by atoms with Gasteiger partial charge < -0.3 is 20.3 Å². The third kappa shape index (κ3) is 49.7. The van der Waals surface area contributed by atoms with Gasteiger partial charge in [0.2, 0.25) is 5.91 Å². The Morgan fingerprint density at radius 3 is 1.12 bits per heavy atom. The molecule has 0 aromatic carbocycles. The number of unbranched alkanes of at least 4 members (excludes halogenated alkanes) is 30. The Hall–Kier alpha value is -2.70. The van der Waals surface area contributed by atoms with E-state index in [1.54, 1.807) is 0 Å². The average Bonchev–Trinajstić information content (AvgIpc) is 3.33. The van der Waals surface area contributed by atoms with Crippen LogP contribution >= 0.6 is 0 Å². The number of nitrogens with one attached hydrogen (secondary N) is 1. The Morgan fingerprint density at radius 1 is 0.441 bits per heavy atom. The number of esters is 1. The summed E-state index contributed by atoms with van der Waals surface area (Å²) in [5, 5.41) is 23.8. The third-order valence-electron chi connectivity index (χ3n) is 13.0. The van der Waals surface area contributed by atoms with Crippen molar-refractivity contribution in [1.29, 1.82) is 0 Å².